The van der Waals surface area contributed by atoms with Gasteiger partial charge in [-0.05, 0) is 31.9 Å². The predicted molar refractivity (Wildman–Crippen MR) is 105 cm³/mol. The van der Waals surface area contributed by atoms with Gasteiger partial charge < -0.3 is 25.6 Å². The normalized spacial score (nSPS) is 10.6. The minimum Gasteiger partial charge on any atom is -0.480 e. The Bertz CT molecular complexity index is 873. The first-order chi connectivity index (χ1) is 13.2. The average Bonchev–Trinajstić information content (AvgIpc) is 2.95. The summed E-state index contributed by atoms with van der Waals surface area (Å²) in [6, 6.07) is 7.11. The molecule has 1 heterocycles. The highest BCUT2D eigenvalue weighted by molar-refractivity contribution is 7.18. The van der Waals surface area contributed by atoms with E-state index in [0.29, 0.717) is 17.0 Å². The van der Waals surface area contributed by atoms with Crippen LogP contribution in [0.25, 0.3) is 10.4 Å². The Hall–Kier alpha value is -3.07. The summed E-state index contributed by atoms with van der Waals surface area (Å²) in [6.45, 7) is 5.19. The summed E-state index contributed by atoms with van der Waals surface area (Å²) in [6.07, 6.45) is 0. The van der Waals surface area contributed by atoms with Crippen molar-refractivity contribution in [1.29, 1.82) is 0 Å². The zero-order valence-electron chi connectivity index (χ0n) is 15.7. The van der Waals surface area contributed by atoms with Crippen molar-refractivity contribution < 1.29 is 29.3 Å². The van der Waals surface area contributed by atoms with Gasteiger partial charge in [0.2, 0.25) is 0 Å². The predicted octanol–water partition coefficient (Wildman–Crippen LogP) is 3.09. The Morgan fingerprint density at radius 2 is 1.79 bits per heavy atom. The van der Waals surface area contributed by atoms with Crippen LogP contribution in [0.5, 0.6) is 5.75 Å². The standard InChI is InChI=1S/C19H22N2O6S/c1-10(2)21-19(26)20-8-12-4-6-13(7-5-12)16-11(3)15(27-9-14(22)23)17(28-16)18(24)25/h4-7,10H,8-9H2,1-3H3,(H,22,23)(H,24,25)(H2,20,21,26). The molecule has 4 N–H and O–H groups in total. The number of carboxylic acid groups (broad SMARTS) is 2. The first-order valence-corrected chi connectivity index (χ1v) is 9.35. The number of carbonyl (C=O) groups is 3. The first-order valence-electron chi connectivity index (χ1n) is 8.54. The molecule has 1 aromatic carbocycles. The molecular formula is C19H22N2O6S. The Morgan fingerprint density at radius 1 is 1.14 bits per heavy atom. The van der Waals surface area contributed by atoms with Crippen LogP contribution in [0.2, 0.25) is 0 Å². The number of benzene rings is 1. The molecule has 1 aromatic heterocycles. The molecule has 8 nitrogen and oxygen atoms in total. The summed E-state index contributed by atoms with van der Waals surface area (Å²) in [5, 5.41) is 23.7. The van der Waals surface area contributed by atoms with Crippen LogP contribution in [0.15, 0.2) is 24.3 Å². The van der Waals surface area contributed by atoms with E-state index in [1.54, 1.807) is 6.92 Å². The van der Waals surface area contributed by atoms with E-state index in [9.17, 15) is 19.5 Å². The number of thiophene rings is 1. The van der Waals surface area contributed by atoms with Gasteiger partial charge >= 0.3 is 18.0 Å². The second-order valence-corrected chi connectivity index (χ2v) is 7.40. The van der Waals surface area contributed by atoms with Crippen LogP contribution >= 0.6 is 11.3 Å². The van der Waals surface area contributed by atoms with E-state index in [4.69, 9.17) is 9.84 Å². The number of amides is 2. The smallest absolute Gasteiger partial charge is 0.349 e. The van der Waals surface area contributed by atoms with Crippen LogP contribution in [-0.2, 0) is 11.3 Å². The highest BCUT2D eigenvalue weighted by atomic mass is 32.1. The highest BCUT2D eigenvalue weighted by Crippen LogP contribution is 2.41. The number of hydrogen-bond donors (Lipinski definition) is 4. The molecule has 0 aliphatic heterocycles. The first kappa shape index (κ1) is 21.2. The molecule has 9 heteroatoms. The minimum absolute atomic E-state index is 0.0372. The Labute approximate surface area is 166 Å². The van der Waals surface area contributed by atoms with Crippen LogP contribution in [0.1, 0.15) is 34.6 Å². The lowest BCUT2D eigenvalue weighted by molar-refractivity contribution is -0.139. The number of nitrogens with one attached hydrogen (secondary N) is 2. The molecule has 0 atom stereocenters. The van der Waals surface area contributed by atoms with Crippen molar-refractivity contribution >= 4 is 29.3 Å². The number of carboxylic acids is 2. The molecule has 0 unspecified atom stereocenters. The number of ether oxygens (including phenoxy) is 1. The fraction of sp³-hybridized carbons (Fsp3) is 0.316. The molecule has 0 radical (unpaired) electrons. The van der Waals surface area contributed by atoms with Gasteiger partial charge in [0.15, 0.2) is 11.5 Å². The summed E-state index contributed by atoms with van der Waals surface area (Å²) < 4.78 is 5.19. The highest BCUT2D eigenvalue weighted by Gasteiger charge is 2.23. The Morgan fingerprint density at radius 3 is 2.32 bits per heavy atom. The molecule has 0 spiro atoms. The third-order valence-electron chi connectivity index (χ3n) is 3.71. The van der Waals surface area contributed by atoms with Gasteiger partial charge in [-0.2, -0.15) is 0 Å². The molecular weight excluding hydrogens is 384 g/mol. The third-order valence-corrected chi connectivity index (χ3v) is 5.02. The quantitative estimate of drug-likeness (QED) is 0.534. The van der Waals surface area contributed by atoms with Gasteiger partial charge in [-0.25, -0.2) is 14.4 Å². The molecule has 0 bridgehead atoms. The number of urea groups is 1. The Balaban J connectivity index is 2.18. The fourth-order valence-electron chi connectivity index (χ4n) is 2.49. The van der Waals surface area contributed by atoms with Crippen molar-refractivity contribution in [1.82, 2.24) is 10.6 Å². The maximum absolute atomic E-state index is 11.6. The molecule has 2 amide bonds. The monoisotopic (exact) mass is 406 g/mol. The minimum atomic E-state index is -1.18. The second-order valence-electron chi connectivity index (χ2n) is 6.38. The van der Waals surface area contributed by atoms with Gasteiger partial charge in [0.25, 0.3) is 0 Å². The molecule has 0 aliphatic carbocycles. The summed E-state index contributed by atoms with van der Waals surface area (Å²) in [5.41, 5.74) is 2.24. The van der Waals surface area contributed by atoms with Crippen molar-refractivity contribution in [2.45, 2.75) is 33.4 Å². The van der Waals surface area contributed by atoms with E-state index < -0.39 is 18.5 Å². The lowest BCUT2D eigenvalue weighted by atomic mass is 10.1. The van der Waals surface area contributed by atoms with Crippen molar-refractivity contribution in [2.75, 3.05) is 6.61 Å². The summed E-state index contributed by atoms with van der Waals surface area (Å²) >= 11 is 1.03. The molecule has 0 aliphatic rings. The number of aliphatic carboxylic acids is 1. The van der Waals surface area contributed by atoms with Crippen molar-refractivity contribution in [2.24, 2.45) is 0 Å². The van der Waals surface area contributed by atoms with Crippen molar-refractivity contribution in [3.05, 3.63) is 40.3 Å². The van der Waals surface area contributed by atoms with Gasteiger partial charge in [-0.3, -0.25) is 0 Å². The summed E-state index contributed by atoms with van der Waals surface area (Å²) in [4.78, 5) is 34.5. The summed E-state index contributed by atoms with van der Waals surface area (Å²) in [7, 11) is 0. The summed E-state index contributed by atoms with van der Waals surface area (Å²) in [5.74, 6) is -2.27. The van der Waals surface area contributed by atoms with Crippen LogP contribution < -0.4 is 15.4 Å². The number of carbonyl (C=O) groups excluding carboxylic acids is 1. The van der Waals surface area contributed by atoms with Gasteiger partial charge in [0.05, 0.1) is 0 Å². The molecule has 0 saturated carbocycles. The largest absolute Gasteiger partial charge is 0.480 e. The second kappa shape index (κ2) is 9.23. The molecule has 0 fully saturated rings. The number of rotatable bonds is 8. The van der Waals surface area contributed by atoms with Gasteiger partial charge in [-0.15, -0.1) is 11.3 Å². The van der Waals surface area contributed by atoms with Gasteiger partial charge in [-0.1, -0.05) is 24.3 Å². The van der Waals surface area contributed by atoms with E-state index in [0.717, 1.165) is 22.5 Å². The van der Waals surface area contributed by atoms with Gasteiger partial charge in [0, 0.05) is 23.0 Å². The van der Waals surface area contributed by atoms with Gasteiger partial charge in [0.1, 0.15) is 5.75 Å². The molecule has 2 aromatic rings. The molecule has 2 rings (SSSR count). The number of hydrogen-bond acceptors (Lipinski definition) is 5. The lowest BCUT2D eigenvalue weighted by Gasteiger charge is -2.10. The van der Waals surface area contributed by atoms with Crippen LogP contribution in [0.3, 0.4) is 0 Å². The average molecular weight is 406 g/mol. The van der Waals surface area contributed by atoms with Crippen LogP contribution in [0.4, 0.5) is 4.79 Å². The van der Waals surface area contributed by atoms with E-state index >= 15 is 0 Å². The SMILES string of the molecule is Cc1c(-c2ccc(CNC(=O)NC(C)C)cc2)sc(C(=O)O)c1OCC(=O)O. The lowest BCUT2D eigenvalue weighted by Crippen LogP contribution is -2.38. The topological polar surface area (TPSA) is 125 Å². The van der Waals surface area contributed by atoms with E-state index in [-0.39, 0.29) is 22.7 Å². The third kappa shape index (κ3) is 5.46. The van der Waals surface area contributed by atoms with Crippen molar-refractivity contribution in [3.8, 4) is 16.2 Å². The molecule has 0 saturated heterocycles. The van der Waals surface area contributed by atoms with Crippen LogP contribution in [0, 0.1) is 6.92 Å². The van der Waals surface area contributed by atoms with E-state index in [1.807, 2.05) is 38.1 Å². The maximum Gasteiger partial charge on any atom is 0.349 e. The van der Waals surface area contributed by atoms with E-state index in [1.165, 1.54) is 0 Å². The zero-order valence-corrected chi connectivity index (χ0v) is 16.6. The van der Waals surface area contributed by atoms with Crippen LogP contribution in [-0.4, -0.2) is 40.8 Å². The molecule has 28 heavy (non-hydrogen) atoms. The fourth-order valence-corrected chi connectivity index (χ4v) is 3.59. The zero-order chi connectivity index (χ0) is 20.8. The molecule has 150 valence electrons. The van der Waals surface area contributed by atoms with E-state index in [2.05, 4.69) is 10.6 Å². The Kier molecular flexibility index (Phi) is 7.00. The van der Waals surface area contributed by atoms with Crippen molar-refractivity contribution in [3.63, 3.8) is 0 Å². The maximum atomic E-state index is 11.6. The number of aromatic carboxylic acids is 1.